The fraction of sp³-hybridized carbons (Fsp3) is 0.600. The molecule has 140 valence electrons. The van der Waals surface area contributed by atoms with Gasteiger partial charge in [0.2, 0.25) is 11.8 Å². The molecule has 4 rings (SSSR count). The average molecular weight is 377 g/mol. The van der Waals surface area contributed by atoms with E-state index in [9.17, 15) is 9.59 Å². The molecule has 0 spiro atoms. The second-order valence-electron chi connectivity index (χ2n) is 7.62. The van der Waals surface area contributed by atoms with Crippen LogP contribution in [0.4, 0.5) is 0 Å². The molecule has 1 aliphatic carbocycles. The van der Waals surface area contributed by atoms with Crippen molar-refractivity contribution in [1.29, 1.82) is 0 Å². The highest BCUT2D eigenvalue weighted by Crippen LogP contribution is 2.50. The second-order valence-corrected chi connectivity index (χ2v) is 8.05. The molecular weight excluding hydrogens is 352 g/mol. The lowest BCUT2D eigenvalue weighted by Crippen LogP contribution is -2.51. The molecule has 2 saturated heterocycles. The lowest BCUT2D eigenvalue weighted by Gasteiger charge is -2.37. The van der Waals surface area contributed by atoms with Crippen molar-refractivity contribution in [2.75, 3.05) is 39.4 Å². The summed E-state index contributed by atoms with van der Waals surface area (Å²) in [4.78, 5) is 29.9. The van der Waals surface area contributed by atoms with Gasteiger partial charge in [-0.2, -0.15) is 0 Å². The monoisotopic (exact) mass is 376 g/mol. The van der Waals surface area contributed by atoms with E-state index < -0.39 is 5.41 Å². The quantitative estimate of drug-likeness (QED) is 0.814. The van der Waals surface area contributed by atoms with Gasteiger partial charge < -0.3 is 14.5 Å². The van der Waals surface area contributed by atoms with Crippen LogP contribution in [-0.2, 0) is 19.7 Å². The second kappa shape index (κ2) is 7.20. The van der Waals surface area contributed by atoms with Crippen molar-refractivity contribution in [2.24, 2.45) is 5.92 Å². The number of likely N-dealkylation sites (tertiary alicyclic amines) is 1. The van der Waals surface area contributed by atoms with E-state index in [1.165, 1.54) is 0 Å². The zero-order valence-electron chi connectivity index (χ0n) is 15.0. The van der Waals surface area contributed by atoms with Crippen LogP contribution in [0.25, 0.3) is 0 Å². The highest BCUT2D eigenvalue weighted by molar-refractivity contribution is 6.30. The molecule has 1 unspecified atom stereocenters. The molecule has 0 radical (unpaired) electrons. The van der Waals surface area contributed by atoms with E-state index >= 15 is 0 Å². The van der Waals surface area contributed by atoms with Crippen molar-refractivity contribution in [3.8, 4) is 0 Å². The summed E-state index contributed by atoms with van der Waals surface area (Å²) in [5.74, 6) is 0.285. The largest absolute Gasteiger partial charge is 0.378 e. The highest BCUT2D eigenvalue weighted by Gasteiger charge is 2.53. The van der Waals surface area contributed by atoms with Crippen molar-refractivity contribution in [3.63, 3.8) is 0 Å². The Balaban J connectivity index is 1.45. The maximum atomic E-state index is 13.3. The van der Waals surface area contributed by atoms with Crippen LogP contribution in [0.1, 0.15) is 31.2 Å². The normalized spacial score (nSPS) is 25.0. The SMILES string of the molecule is O=C(C1CCCN(C(=O)C2(c3ccc(Cl)cc3)CC2)C1)N1CCOCC1. The Morgan fingerprint density at radius 2 is 1.73 bits per heavy atom. The number of ether oxygens (including phenoxy) is 1. The lowest BCUT2D eigenvalue weighted by atomic mass is 9.91. The number of morpholine rings is 1. The van der Waals surface area contributed by atoms with Gasteiger partial charge >= 0.3 is 0 Å². The number of carbonyl (C=O) groups excluding carboxylic acids is 2. The molecule has 2 aliphatic heterocycles. The van der Waals surface area contributed by atoms with Crippen LogP contribution in [0.2, 0.25) is 5.02 Å². The van der Waals surface area contributed by atoms with Crippen LogP contribution < -0.4 is 0 Å². The van der Waals surface area contributed by atoms with Crippen molar-refractivity contribution in [2.45, 2.75) is 31.1 Å². The summed E-state index contributed by atoms with van der Waals surface area (Å²) < 4.78 is 5.34. The summed E-state index contributed by atoms with van der Waals surface area (Å²) >= 11 is 5.99. The number of halogens is 1. The van der Waals surface area contributed by atoms with E-state index in [1.807, 2.05) is 34.1 Å². The van der Waals surface area contributed by atoms with Crippen molar-refractivity contribution >= 4 is 23.4 Å². The first-order valence-electron chi connectivity index (χ1n) is 9.52. The van der Waals surface area contributed by atoms with E-state index in [-0.39, 0.29) is 17.7 Å². The summed E-state index contributed by atoms with van der Waals surface area (Å²) in [7, 11) is 0. The minimum Gasteiger partial charge on any atom is -0.378 e. The van der Waals surface area contributed by atoms with E-state index in [0.717, 1.165) is 37.8 Å². The molecule has 1 saturated carbocycles. The van der Waals surface area contributed by atoms with Gasteiger partial charge in [-0.25, -0.2) is 0 Å². The van der Waals surface area contributed by atoms with E-state index in [4.69, 9.17) is 16.3 Å². The van der Waals surface area contributed by atoms with Crippen LogP contribution in [0.3, 0.4) is 0 Å². The Bertz CT molecular complexity index is 681. The molecule has 0 N–H and O–H groups in total. The number of carbonyl (C=O) groups is 2. The Morgan fingerprint density at radius 1 is 1.04 bits per heavy atom. The maximum absolute atomic E-state index is 13.3. The van der Waals surface area contributed by atoms with E-state index in [0.29, 0.717) is 37.9 Å². The van der Waals surface area contributed by atoms with Gasteiger partial charge in [-0.05, 0) is 43.4 Å². The van der Waals surface area contributed by atoms with Crippen LogP contribution in [0, 0.1) is 5.92 Å². The predicted octanol–water partition coefficient (Wildman–Crippen LogP) is 2.47. The Morgan fingerprint density at radius 3 is 2.38 bits per heavy atom. The minimum absolute atomic E-state index is 0.0770. The third-order valence-electron chi connectivity index (χ3n) is 5.94. The molecule has 3 fully saturated rings. The Labute approximate surface area is 159 Å². The molecular formula is C20H25ClN2O3. The van der Waals surface area contributed by atoms with Gasteiger partial charge in [0.25, 0.3) is 0 Å². The Hall–Kier alpha value is -1.59. The number of hydrogen-bond donors (Lipinski definition) is 0. The van der Waals surface area contributed by atoms with Gasteiger partial charge in [-0.3, -0.25) is 9.59 Å². The zero-order valence-corrected chi connectivity index (χ0v) is 15.7. The van der Waals surface area contributed by atoms with Crippen LogP contribution in [0.15, 0.2) is 24.3 Å². The molecule has 0 bridgehead atoms. The van der Waals surface area contributed by atoms with Gasteiger partial charge in [0, 0.05) is 31.2 Å². The fourth-order valence-corrected chi connectivity index (χ4v) is 4.35. The number of rotatable bonds is 3. The summed E-state index contributed by atoms with van der Waals surface area (Å²) in [6.07, 6.45) is 3.52. The van der Waals surface area contributed by atoms with Gasteiger partial charge in [0.05, 0.1) is 24.5 Å². The number of hydrogen-bond acceptors (Lipinski definition) is 3. The fourth-order valence-electron chi connectivity index (χ4n) is 4.23. The molecule has 1 atom stereocenters. The topological polar surface area (TPSA) is 49.9 Å². The molecule has 6 heteroatoms. The lowest BCUT2D eigenvalue weighted by molar-refractivity contribution is -0.144. The first kappa shape index (κ1) is 17.8. The van der Waals surface area contributed by atoms with E-state index in [2.05, 4.69) is 0 Å². The standard InChI is InChI=1S/C20H25ClN2O3/c21-17-5-3-16(4-6-17)20(7-8-20)19(25)23-9-1-2-15(14-23)18(24)22-10-12-26-13-11-22/h3-6,15H,1-2,7-14H2. The van der Waals surface area contributed by atoms with E-state index in [1.54, 1.807) is 0 Å². The first-order valence-corrected chi connectivity index (χ1v) is 9.90. The van der Waals surface area contributed by atoms with Gasteiger partial charge in [-0.15, -0.1) is 0 Å². The van der Waals surface area contributed by atoms with Gasteiger partial charge in [0.15, 0.2) is 0 Å². The zero-order chi connectivity index (χ0) is 18.1. The van der Waals surface area contributed by atoms with Crippen molar-refractivity contribution < 1.29 is 14.3 Å². The predicted molar refractivity (Wildman–Crippen MR) is 99.1 cm³/mol. The molecule has 5 nitrogen and oxygen atoms in total. The number of nitrogens with zero attached hydrogens (tertiary/aromatic N) is 2. The van der Waals surface area contributed by atoms with Gasteiger partial charge in [0.1, 0.15) is 0 Å². The number of amides is 2. The Kier molecular flexibility index (Phi) is 4.93. The molecule has 3 aliphatic rings. The van der Waals surface area contributed by atoms with Crippen LogP contribution in [0.5, 0.6) is 0 Å². The smallest absolute Gasteiger partial charge is 0.233 e. The van der Waals surface area contributed by atoms with Crippen molar-refractivity contribution in [3.05, 3.63) is 34.9 Å². The molecule has 0 aromatic heterocycles. The highest BCUT2D eigenvalue weighted by atomic mass is 35.5. The maximum Gasteiger partial charge on any atom is 0.233 e. The molecule has 1 aromatic carbocycles. The summed E-state index contributed by atoms with van der Waals surface area (Å²) in [6, 6.07) is 7.64. The third kappa shape index (κ3) is 3.35. The number of piperidine rings is 1. The van der Waals surface area contributed by atoms with Crippen LogP contribution in [-0.4, -0.2) is 61.0 Å². The summed E-state index contributed by atoms with van der Waals surface area (Å²) in [5, 5.41) is 0.686. The van der Waals surface area contributed by atoms with Gasteiger partial charge in [-0.1, -0.05) is 23.7 Å². The summed E-state index contributed by atoms with van der Waals surface area (Å²) in [6.45, 7) is 3.85. The molecule has 26 heavy (non-hydrogen) atoms. The van der Waals surface area contributed by atoms with Crippen LogP contribution >= 0.6 is 11.6 Å². The third-order valence-corrected chi connectivity index (χ3v) is 6.19. The van der Waals surface area contributed by atoms with Crippen molar-refractivity contribution in [1.82, 2.24) is 9.80 Å². The molecule has 2 amide bonds. The minimum atomic E-state index is -0.394. The molecule has 1 aromatic rings. The first-order chi connectivity index (χ1) is 12.6. The average Bonchev–Trinajstić information content (AvgIpc) is 3.50. The number of benzene rings is 1. The summed E-state index contributed by atoms with van der Waals surface area (Å²) in [5.41, 5.74) is 0.655. The molecule has 2 heterocycles.